The van der Waals surface area contributed by atoms with E-state index in [1.54, 1.807) is 0 Å². The van der Waals surface area contributed by atoms with Crippen LogP contribution in [0.15, 0.2) is 59.1 Å². The molecule has 0 aliphatic rings. The molecular weight excluding hydrogens is 364 g/mol. The van der Waals surface area contributed by atoms with Gasteiger partial charge in [0.2, 0.25) is 11.8 Å². The van der Waals surface area contributed by atoms with Crippen molar-refractivity contribution in [1.82, 2.24) is 15.5 Å². The number of hydrogen-bond acceptors (Lipinski definition) is 5. The fraction of sp³-hybridized carbons (Fsp3) is 0.250. The minimum Gasteiger partial charge on any atom is -0.399 e. The molecule has 0 spiro atoms. The molecular formula is C20H23ClN4O2. The van der Waals surface area contributed by atoms with Crippen molar-refractivity contribution in [2.45, 2.75) is 32.2 Å². The van der Waals surface area contributed by atoms with Crippen LogP contribution >= 0.6 is 12.4 Å². The third kappa shape index (κ3) is 5.82. The van der Waals surface area contributed by atoms with Gasteiger partial charge in [-0.15, -0.1) is 12.4 Å². The average Bonchev–Trinajstić information content (AvgIpc) is 3.10. The van der Waals surface area contributed by atoms with E-state index in [1.807, 2.05) is 61.5 Å². The van der Waals surface area contributed by atoms with Crippen LogP contribution in [0.3, 0.4) is 0 Å². The smallest absolute Gasteiger partial charge is 0.248 e. The van der Waals surface area contributed by atoms with Gasteiger partial charge in [-0.3, -0.25) is 4.79 Å². The van der Waals surface area contributed by atoms with Crippen molar-refractivity contribution in [1.29, 1.82) is 0 Å². The molecule has 2 aromatic carbocycles. The summed E-state index contributed by atoms with van der Waals surface area (Å²) in [5, 5.41) is 6.88. The number of nitrogens with zero attached hydrogens (tertiary/aromatic N) is 2. The number of aromatic nitrogens is 2. The predicted octanol–water partition coefficient (Wildman–Crippen LogP) is 3.47. The van der Waals surface area contributed by atoms with Gasteiger partial charge in [-0.05, 0) is 30.5 Å². The lowest BCUT2D eigenvalue weighted by molar-refractivity contribution is -0.121. The lowest BCUT2D eigenvalue weighted by atomic mass is 10.1. The van der Waals surface area contributed by atoms with Gasteiger partial charge in [0.05, 0.1) is 0 Å². The van der Waals surface area contributed by atoms with E-state index in [0.29, 0.717) is 36.7 Å². The number of benzene rings is 2. The first-order chi connectivity index (χ1) is 12.6. The van der Waals surface area contributed by atoms with Crippen LogP contribution in [-0.2, 0) is 17.6 Å². The van der Waals surface area contributed by atoms with Crippen molar-refractivity contribution in [3.05, 3.63) is 77.4 Å². The molecule has 1 atom stereocenters. The molecule has 3 aromatic rings. The van der Waals surface area contributed by atoms with E-state index in [9.17, 15) is 4.79 Å². The molecule has 0 radical (unpaired) electrons. The molecule has 1 heterocycles. The summed E-state index contributed by atoms with van der Waals surface area (Å²) in [4.78, 5) is 16.5. The summed E-state index contributed by atoms with van der Waals surface area (Å²) in [5.41, 5.74) is 8.68. The Morgan fingerprint density at radius 2 is 1.85 bits per heavy atom. The molecule has 1 amide bonds. The molecule has 0 fully saturated rings. The number of aryl methyl sites for hydroxylation is 1. The van der Waals surface area contributed by atoms with Gasteiger partial charge in [-0.2, -0.15) is 4.98 Å². The molecule has 6 nitrogen and oxygen atoms in total. The van der Waals surface area contributed by atoms with Crippen LogP contribution in [0.25, 0.3) is 0 Å². The van der Waals surface area contributed by atoms with Crippen LogP contribution in [0, 0.1) is 0 Å². The first-order valence-corrected chi connectivity index (χ1v) is 8.61. The van der Waals surface area contributed by atoms with Crippen molar-refractivity contribution in [3.8, 4) is 0 Å². The van der Waals surface area contributed by atoms with E-state index < -0.39 is 0 Å². The molecule has 0 aliphatic heterocycles. The van der Waals surface area contributed by atoms with E-state index in [1.165, 1.54) is 0 Å². The third-order valence-electron chi connectivity index (χ3n) is 4.11. The van der Waals surface area contributed by atoms with Crippen molar-refractivity contribution in [2.75, 3.05) is 5.73 Å². The van der Waals surface area contributed by atoms with Gasteiger partial charge in [0.15, 0.2) is 5.82 Å². The summed E-state index contributed by atoms with van der Waals surface area (Å²) in [6, 6.07) is 17.1. The highest BCUT2D eigenvalue weighted by Gasteiger charge is 2.17. The fourth-order valence-electron chi connectivity index (χ4n) is 2.68. The Balaban J connectivity index is 0.00000261. The van der Waals surface area contributed by atoms with E-state index in [-0.39, 0.29) is 24.4 Å². The van der Waals surface area contributed by atoms with Crippen LogP contribution in [0.4, 0.5) is 5.69 Å². The van der Waals surface area contributed by atoms with Gasteiger partial charge in [0.25, 0.3) is 0 Å². The number of nitrogens with two attached hydrogens (primary N) is 1. The van der Waals surface area contributed by atoms with Gasteiger partial charge < -0.3 is 15.6 Å². The van der Waals surface area contributed by atoms with Crippen LogP contribution in [0.1, 0.15) is 42.2 Å². The van der Waals surface area contributed by atoms with Crippen molar-refractivity contribution in [2.24, 2.45) is 0 Å². The number of carbonyl (C=O) groups excluding carboxylic acids is 1. The highest BCUT2D eigenvalue weighted by Crippen LogP contribution is 2.15. The number of carbonyl (C=O) groups is 1. The molecule has 3 N–H and O–H groups in total. The summed E-state index contributed by atoms with van der Waals surface area (Å²) in [6.45, 7) is 1.83. The van der Waals surface area contributed by atoms with Crippen LogP contribution in [0.2, 0.25) is 0 Å². The zero-order valence-electron chi connectivity index (χ0n) is 15.1. The van der Waals surface area contributed by atoms with Crippen molar-refractivity contribution in [3.63, 3.8) is 0 Å². The normalized spacial score (nSPS) is 11.4. The Hall–Kier alpha value is -2.86. The van der Waals surface area contributed by atoms with Gasteiger partial charge in [-0.25, -0.2) is 0 Å². The summed E-state index contributed by atoms with van der Waals surface area (Å²) < 4.78 is 5.29. The lowest BCUT2D eigenvalue weighted by Gasteiger charge is -2.10. The molecule has 142 valence electrons. The third-order valence-corrected chi connectivity index (χ3v) is 4.11. The average molecular weight is 387 g/mol. The largest absolute Gasteiger partial charge is 0.399 e. The number of amides is 1. The second kappa shape index (κ2) is 9.73. The number of anilines is 1. The molecule has 3 rings (SSSR count). The quantitative estimate of drug-likeness (QED) is 0.606. The number of halogens is 1. The van der Waals surface area contributed by atoms with Crippen LogP contribution in [0.5, 0.6) is 0 Å². The van der Waals surface area contributed by atoms with E-state index in [4.69, 9.17) is 10.3 Å². The van der Waals surface area contributed by atoms with Gasteiger partial charge >= 0.3 is 0 Å². The summed E-state index contributed by atoms with van der Waals surface area (Å²) in [7, 11) is 0. The first-order valence-electron chi connectivity index (χ1n) is 8.61. The number of nitrogen functional groups attached to an aromatic ring is 1. The molecule has 1 unspecified atom stereocenters. The molecule has 7 heteroatoms. The molecule has 0 aliphatic carbocycles. The van der Waals surface area contributed by atoms with Gasteiger partial charge in [-0.1, -0.05) is 53.7 Å². The zero-order valence-corrected chi connectivity index (χ0v) is 15.9. The second-order valence-corrected chi connectivity index (χ2v) is 6.20. The molecule has 1 aromatic heterocycles. The molecule has 0 saturated heterocycles. The highest BCUT2D eigenvalue weighted by atomic mass is 35.5. The van der Waals surface area contributed by atoms with Gasteiger partial charge in [0, 0.05) is 18.5 Å². The number of hydrogen-bond donors (Lipinski definition) is 2. The predicted molar refractivity (Wildman–Crippen MR) is 107 cm³/mol. The fourth-order valence-corrected chi connectivity index (χ4v) is 2.68. The molecule has 0 bridgehead atoms. The Labute approximate surface area is 164 Å². The van der Waals surface area contributed by atoms with E-state index in [0.717, 1.165) is 11.1 Å². The maximum absolute atomic E-state index is 12.2. The standard InChI is InChI=1S/C20H22N4O2.ClH/c1-14(22-19(25)12-11-16-9-5-6-10-17(16)21)20-23-18(24-26-20)13-15-7-3-2-4-8-15;/h2-10,14H,11-13,21H2,1H3,(H,22,25);1H. The Morgan fingerprint density at radius 3 is 2.59 bits per heavy atom. The summed E-state index contributed by atoms with van der Waals surface area (Å²) in [5.74, 6) is 0.927. The van der Waals surface area contributed by atoms with Crippen LogP contribution < -0.4 is 11.1 Å². The zero-order chi connectivity index (χ0) is 18.4. The number of para-hydroxylation sites is 1. The summed E-state index contributed by atoms with van der Waals surface area (Å²) >= 11 is 0. The first kappa shape index (κ1) is 20.5. The van der Waals surface area contributed by atoms with Gasteiger partial charge in [0.1, 0.15) is 6.04 Å². The summed E-state index contributed by atoms with van der Waals surface area (Å²) in [6.07, 6.45) is 1.54. The van der Waals surface area contributed by atoms with Crippen molar-refractivity contribution >= 4 is 24.0 Å². The minimum absolute atomic E-state index is 0. The monoisotopic (exact) mass is 386 g/mol. The van der Waals surface area contributed by atoms with E-state index in [2.05, 4.69) is 15.5 Å². The highest BCUT2D eigenvalue weighted by molar-refractivity contribution is 5.85. The Morgan fingerprint density at radius 1 is 1.15 bits per heavy atom. The maximum Gasteiger partial charge on any atom is 0.248 e. The number of nitrogens with one attached hydrogen (secondary N) is 1. The molecule has 0 saturated carbocycles. The minimum atomic E-state index is -0.340. The van der Waals surface area contributed by atoms with Crippen LogP contribution in [-0.4, -0.2) is 16.0 Å². The SMILES string of the molecule is CC(NC(=O)CCc1ccccc1N)c1nc(Cc2ccccc2)no1.Cl. The van der Waals surface area contributed by atoms with Crippen molar-refractivity contribution < 1.29 is 9.32 Å². The second-order valence-electron chi connectivity index (χ2n) is 6.20. The number of rotatable bonds is 7. The van der Waals surface area contributed by atoms with E-state index >= 15 is 0 Å². The lowest BCUT2D eigenvalue weighted by Crippen LogP contribution is -2.27. The topological polar surface area (TPSA) is 94.0 Å². The maximum atomic E-state index is 12.2. The molecule has 27 heavy (non-hydrogen) atoms. The Bertz CT molecular complexity index is 867. The Kier molecular flexibility index (Phi) is 7.37.